The number of ether oxygens (including phenoxy) is 2. The number of nitrogens with zero attached hydrogens (tertiary/aromatic N) is 3. The first-order valence-corrected chi connectivity index (χ1v) is 13.7. The van der Waals surface area contributed by atoms with Crippen LogP contribution in [0.1, 0.15) is 62.1 Å². The Balaban J connectivity index is 1.67. The van der Waals surface area contributed by atoms with Crippen molar-refractivity contribution in [1.82, 2.24) is 14.5 Å². The Bertz CT molecular complexity index is 1470. The molecule has 0 bridgehead atoms. The zero-order valence-corrected chi connectivity index (χ0v) is 22.9. The van der Waals surface area contributed by atoms with E-state index in [1.165, 1.54) is 17.8 Å². The third-order valence-corrected chi connectivity index (χ3v) is 7.47. The largest absolute Gasteiger partial charge is 0.462 e. The molecule has 0 atom stereocenters. The first-order valence-electron chi connectivity index (χ1n) is 11.8. The summed E-state index contributed by atoms with van der Waals surface area (Å²) in [6.45, 7) is 9.41. The van der Waals surface area contributed by atoms with E-state index in [9.17, 15) is 14.4 Å². The van der Waals surface area contributed by atoms with Crippen LogP contribution in [0, 0.1) is 20.8 Å². The monoisotopic (exact) mass is 537 g/mol. The van der Waals surface area contributed by atoms with Crippen molar-refractivity contribution in [2.45, 2.75) is 39.6 Å². The minimum Gasteiger partial charge on any atom is -0.462 e. The third kappa shape index (κ3) is 5.60. The molecule has 0 radical (unpaired) electrons. The number of hydrogen-bond donors (Lipinski definition) is 0. The number of Topliss-reactive ketones (excluding diaryl/α,β-unsaturated/α-hetero) is 1. The second-order valence-corrected chi connectivity index (χ2v) is 10.1. The van der Waals surface area contributed by atoms with Gasteiger partial charge in [-0.05, 0) is 70.3 Å². The van der Waals surface area contributed by atoms with Crippen molar-refractivity contribution in [2.24, 2.45) is 0 Å². The van der Waals surface area contributed by atoms with E-state index in [0.717, 1.165) is 20.9 Å². The Kier molecular flexibility index (Phi) is 8.09. The van der Waals surface area contributed by atoms with Gasteiger partial charge >= 0.3 is 11.9 Å². The highest BCUT2D eigenvalue weighted by molar-refractivity contribution is 8.00. The van der Waals surface area contributed by atoms with Gasteiger partial charge in [-0.1, -0.05) is 11.8 Å². The van der Waals surface area contributed by atoms with Gasteiger partial charge in [0.05, 0.1) is 30.1 Å². The average Bonchev–Trinajstić information content (AvgIpc) is 3.45. The Morgan fingerprint density at radius 1 is 0.946 bits per heavy atom. The van der Waals surface area contributed by atoms with E-state index in [4.69, 9.17) is 9.47 Å². The maximum Gasteiger partial charge on any atom is 0.338 e. The van der Waals surface area contributed by atoms with Crippen LogP contribution in [-0.2, 0) is 9.47 Å². The summed E-state index contributed by atoms with van der Waals surface area (Å²) in [5.41, 5.74) is 3.10. The van der Waals surface area contributed by atoms with E-state index in [2.05, 4.69) is 9.97 Å². The summed E-state index contributed by atoms with van der Waals surface area (Å²) < 4.78 is 12.2. The highest BCUT2D eigenvalue weighted by atomic mass is 32.2. The maximum atomic E-state index is 13.3. The molecule has 0 aliphatic heterocycles. The van der Waals surface area contributed by atoms with Crippen molar-refractivity contribution in [3.63, 3.8) is 0 Å². The van der Waals surface area contributed by atoms with Gasteiger partial charge < -0.3 is 14.0 Å². The molecule has 10 heteroatoms. The molecule has 0 spiro atoms. The number of aryl methyl sites for hydroxylation is 2. The van der Waals surface area contributed by atoms with Crippen LogP contribution in [0.4, 0.5) is 0 Å². The van der Waals surface area contributed by atoms with E-state index < -0.39 is 11.9 Å². The molecule has 3 aromatic heterocycles. The Morgan fingerprint density at radius 3 is 2.22 bits per heavy atom. The van der Waals surface area contributed by atoms with Crippen LogP contribution in [0.5, 0.6) is 0 Å². The maximum absolute atomic E-state index is 13.3. The zero-order valence-electron chi connectivity index (χ0n) is 21.3. The van der Waals surface area contributed by atoms with Gasteiger partial charge in [0, 0.05) is 28.0 Å². The average molecular weight is 538 g/mol. The van der Waals surface area contributed by atoms with Crippen LogP contribution in [0.25, 0.3) is 15.9 Å². The summed E-state index contributed by atoms with van der Waals surface area (Å²) in [5, 5.41) is 3.70. The summed E-state index contributed by atoms with van der Waals surface area (Å²) in [4.78, 5) is 48.2. The topological polar surface area (TPSA) is 100 Å². The van der Waals surface area contributed by atoms with Crippen LogP contribution in [0.3, 0.4) is 0 Å². The fraction of sp³-hybridized carbons (Fsp3) is 0.296. The van der Waals surface area contributed by atoms with E-state index in [-0.39, 0.29) is 35.9 Å². The highest BCUT2D eigenvalue weighted by Crippen LogP contribution is 2.30. The number of thiophene rings is 1. The molecule has 3 heterocycles. The van der Waals surface area contributed by atoms with Gasteiger partial charge in [-0.15, -0.1) is 11.3 Å². The number of thioether (sulfide) groups is 1. The molecule has 0 fully saturated rings. The predicted octanol–water partition coefficient (Wildman–Crippen LogP) is 5.74. The lowest BCUT2D eigenvalue weighted by Crippen LogP contribution is -2.12. The molecule has 192 valence electrons. The van der Waals surface area contributed by atoms with Crippen molar-refractivity contribution < 1.29 is 23.9 Å². The number of benzene rings is 1. The Labute approximate surface area is 223 Å². The fourth-order valence-corrected chi connectivity index (χ4v) is 5.91. The highest BCUT2D eigenvalue weighted by Gasteiger charge is 2.21. The molecule has 0 aliphatic rings. The molecule has 4 rings (SSSR count). The summed E-state index contributed by atoms with van der Waals surface area (Å²) in [5.74, 6) is -0.240. The molecule has 4 aromatic rings. The number of esters is 2. The van der Waals surface area contributed by atoms with E-state index in [0.29, 0.717) is 22.8 Å². The minimum absolute atomic E-state index is 0.0452. The third-order valence-electron chi connectivity index (χ3n) is 5.67. The van der Waals surface area contributed by atoms with Crippen molar-refractivity contribution in [2.75, 3.05) is 19.0 Å². The van der Waals surface area contributed by atoms with Gasteiger partial charge in [0.1, 0.15) is 15.7 Å². The molecule has 1 aromatic carbocycles. The fourth-order valence-electron chi connectivity index (χ4n) is 4.10. The molecule has 0 N–H and O–H groups in total. The molecular formula is C27H27N3O5S2. The van der Waals surface area contributed by atoms with Gasteiger partial charge in [-0.25, -0.2) is 19.6 Å². The SMILES string of the molecule is CCOC(=O)c1cc(C(=O)OCC)cc(-n2c(C)cc(C(=O)CSc3nc(C)nc4sccc34)c2C)c1. The Morgan fingerprint density at radius 2 is 1.59 bits per heavy atom. The van der Waals surface area contributed by atoms with Crippen molar-refractivity contribution in [3.05, 3.63) is 69.6 Å². The van der Waals surface area contributed by atoms with Crippen LogP contribution in [0.2, 0.25) is 0 Å². The number of fused-ring (bicyclic) bond motifs is 1. The quantitative estimate of drug-likeness (QED) is 0.115. The van der Waals surface area contributed by atoms with Gasteiger partial charge in [0.15, 0.2) is 5.78 Å². The molecule has 0 saturated heterocycles. The number of carbonyl (C=O) groups excluding carboxylic acids is 3. The standard InChI is InChI=1S/C27H27N3O5S2/c1-6-34-26(32)18-11-19(27(33)35-7-2)13-20(12-18)30-15(3)10-22(16(30)4)23(31)14-37-25-21-8-9-36-24(21)28-17(5)29-25/h8-13H,6-7,14H2,1-5H3. The van der Waals surface area contributed by atoms with Gasteiger partial charge in [0.2, 0.25) is 0 Å². The predicted molar refractivity (Wildman–Crippen MR) is 144 cm³/mol. The second-order valence-electron chi connectivity index (χ2n) is 8.26. The smallest absolute Gasteiger partial charge is 0.338 e. The molecule has 0 saturated carbocycles. The van der Waals surface area contributed by atoms with Crippen LogP contribution in [0.15, 0.2) is 40.7 Å². The number of carbonyl (C=O) groups is 3. The molecule has 37 heavy (non-hydrogen) atoms. The van der Waals surface area contributed by atoms with Crippen molar-refractivity contribution in [1.29, 1.82) is 0 Å². The first-order chi connectivity index (χ1) is 17.7. The summed E-state index contributed by atoms with van der Waals surface area (Å²) >= 11 is 2.93. The van der Waals surface area contributed by atoms with Gasteiger partial charge in [-0.3, -0.25) is 4.79 Å². The van der Waals surface area contributed by atoms with E-state index in [1.807, 2.05) is 42.9 Å². The molecule has 0 amide bonds. The Hall–Kier alpha value is -3.50. The summed E-state index contributed by atoms with van der Waals surface area (Å²) in [6, 6.07) is 8.56. The van der Waals surface area contributed by atoms with E-state index >= 15 is 0 Å². The van der Waals surface area contributed by atoms with E-state index in [1.54, 1.807) is 37.3 Å². The molecule has 0 unspecified atom stereocenters. The molecule has 0 aliphatic carbocycles. The lowest BCUT2D eigenvalue weighted by atomic mass is 10.1. The summed E-state index contributed by atoms with van der Waals surface area (Å²) in [6.07, 6.45) is 0. The summed E-state index contributed by atoms with van der Waals surface area (Å²) in [7, 11) is 0. The van der Waals surface area contributed by atoms with Crippen LogP contribution >= 0.6 is 23.1 Å². The number of aromatic nitrogens is 3. The lowest BCUT2D eigenvalue weighted by Gasteiger charge is -2.14. The minimum atomic E-state index is -0.537. The van der Waals surface area contributed by atoms with Gasteiger partial charge in [-0.2, -0.15) is 0 Å². The normalized spacial score (nSPS) is 11.1. The number of hydrogen-bond acceptors (Lipinski definition) is 9. The first kappa shape index (κ1) is 26.6. The molecule has 8 nitrogen and oxygen atoms in total. The number of ketones is 1. The molecular weight excluding hydrogens is 510 g/mol. The number of rotatable bonds is 9. The van der Waals surface area contributed by atoms with Gasteiger partial charge in [0.25, 0.3) is 0 Å². The van der Waals surface area contributed by atoms with Crippen molar-refractivity contribution in [3.8, 4) is 5.69 Å². The van der Waals surface area contributed by atoms with Crippen LogP contribution < -0.4 is 0 Å². The van der Waals surface area contributed by atoms with Crippen molar-refractivity contribution >= 4 is 51.0 Å². The van der Waals surface area contributed by atoms with Crippen LogP contribution in [-0.4, -0.2) is 51.2 Å². The second kappa shape index (κ2) is 11.3. The lowest BCUT2D eigenvalue weighted by molar-refractivity contribution is 0.0525. The zero-order chi connectivity index (χ0) is 26.7.